The first-order valence-electron chi connectivity index (χ1n) is 5.26. The predicted molar refractivity (Wildman–Crippen MR) is 61.7 cm³/mol. The molecule has 1 aromatic rings. The first-order valence-corrected chi connectivity index (χ1v) is 5.26. The molecule has 1 fully saturated rings. The second kappa shape index (κ2) is 4.47. The molecular formula is C10H12N4O4. The van der Waals surface area contributed by atoms with Gasteiger partial charge in [-0.3, -0.25) is 24.3 Å². The van der Waals surface area contributed by atoms with Crippen LogP contribution in [-0.2, 0) is 14.3 Å². The Hall–Kier alpha value is -2.38. The van der Waals surface area contributed by atoms with Gasteiger partial charge in [0.05, 0.1) is 13.0 Å². The summed E-state index contributed by atoms with van der Waals surface area (Å²) in [4.78, 5) is 41.7. The molecule has 8 heteroatoms. The molecule has 0 aliphatic carbocycles. The second-order valence-electron chi connectivity index (χ2n) is 3.92. The van der Waals surface area contributed by atoms with Crippen molar-refractivity contribution in [2.45, 2.75) is 6.42 Å². The Balaban J connectivity index is 2.27. The number of methoxy groups -OCH3 is 1. The van der Waals surface area contributed by atoms with Crippen LogP contribution >= 0.6 is 0 Å². The number of anilines is 2. The lowest BCUT2D eigenvalue weighted by molar-refractivity contribution is -0.145. The molecule has 0 aromatic carbocycles. The molecule has 96 valence electrons. The van der Waals surface area contributed by atoms with Crippen LogP contribution in [0.5, 0.6) is 0 Å². The third kappa shape index (κ3) is 2.17. The van der Waals surface area contributed by atoms with E-state index in [-0.39, 0.29) is 30.6 Å². The van der Waals surface area contributed by atoms with E-state index in [1.54, 1.807) is 0 Å². The standard InChI is InChI=1S/C10H12N4O4/c1-18-9(17)5-2-8(16)14(4-5)6-3-7(15)13-10(11)12-6/h3,5H,2,4H2,1H3,(H3,11,12,13,15). The number of amides is 1. The maximum Gasteiger partial charge on any atom is 0.311 e. The van der Waals surface area contributed by atoms with E-state index in [1.807, 2.05) is 0 Å². The van der Waals surface area contributed by atoms with Gasteiger partial charge in [0.25, 0.3) is 5.56 Å². The maximum absolute atomic E-state index is 11.8. The number of hydrogen-bond acceptors (Lipinski definition) is 6. The minimum atomic E-state index is -0.537. The third-order valence-corrected chi connectivity index (χ3v) is 2.68. The van der Waals surface area contributed by atoms with Gasteiger partial charge < -0.3 is 10.5 Å². The number of aromatic amines is 1. The molecule has 0 saturated carbocycles. The zero-order valence-electron chi connectivity index (χ0n) is 9.67. The molecule has 8 nitrogen and oxygen atoms in total. The predicted octanol–water partition coefficient (Wildman–Crippen LogP) is -1.12. The highest BCUT2D eigenvalue weighted by Gasteiger charge is 2.36. The average Bonchev–Trinajstić information content (AvgIpc) is 2.69. The van der Waals surface area contributed by atoms with Crippen LogP contribution in [0.3, 0.4) is 0 Å². The number of nitrogens with one attached hydrogen (secondary N) is 1. The minimum Gasteiger partial charge on any atom is -0.469 e. The molecule has 1 amide bonds. The minimum absolute atomic E-state index is 0.0427. The Bertz CT molecular complexity index is 553. The van der Waals surface area contributed by atoms with Gasteiger partial charge in [0.1, 0.15) is 5.82 Å². The molecule has 1 aromatic heterocycles. The van der Waals surface area contributed by atoms with Gasteiger partial charge in [0.2, 0.25) is 11.9 Å². The summed E-state index contributed by atoms with van der Waals surface area (Å²) < 4.78 is 4.58. The lowest BCUT2D eigenvalue weighted by Gasteiger charge is -2.14. The van der Waals surface area contributed by atoms with E-state index in [0.717, 1.165) is 6.07 Å². The molecule has 0 spiro atoms. The van der Waals surface area contributed by atoms with E-state index in [0.29, 0.717) is 0 Å². The van der Waals surface area contributed by atoms with Gasteiger partial charge in [0, 0.05) is 19.0 Å². The zero-order valence-corrected chi connectivity index (χ0v) is 9.67. The largest absolute Gasteiger partial charge is 0.469 e. The van der Waals surface area contributed by atoms with Crippen molar-refractivity contribution >= 4 is 23.6 Å². The van der Waals surface area contributed by atoms with E-state index in [2.05, 4.69) is 14.7 Å². The van der Waals surface area contributed by atoms with Crippen molar-refractivity contribution in [1.29, 1.82) is 0 Å². The van der Waals surface area contributed by atoms with Gasteiger partial charge in [-0.15, -0.1) is 0 Å². The number of esters is 1. The van der Waals surface area contributed by atoms with Crippen LogP contribution in [0.2, 0.25) is 0 Å². The van der Waals surface area contributed by atoms with E-state index in [1.165, 1.54) is 12.0 Å². The Morgan fingerprint density at radius 3 is 2.94 bits per heavy atom. The van der Waals surface area contributed by atoms with Crippen molar-refractivity contribution in [3.8, 4) is 0 Å². The molecule has 1 atom stereocenters. The van der Waals surface area contributed by atoms with Crippen LogP contribution in [0.4, 0.5) is 11.8 Å². The summed E-state index contributed by atoms with van der Waals surface area (Å²) in [7, 11) is 1.26. The molecule has 0 bridgehead atoms. The van der Waals surface area contributed by atoms with Crippen molar-refractivity contribution < 1.29 is 14.3 Å². The number of hydrogen-bond donors (Lipinski definition) is 2. The average molecular weight is 252 g/mol. The number of aromatic nitrogens is 2. The van der Waals surface area contributed by atoms with E-state index in [9.17, 15) is 14.4 Å². The lowest BCUT2D eigenvalue weighted by Crippen LogP contribution is -2.28. The zero-order chi connectivity index (χ0) is 13.3. The normalized spacial score (nSPS) is 19.1. The fourth-order valence-corrected chi connectivity index (χ4v) is 1.86. The van der Waals surface area contributed by atoms with Crippen LogP contribution in [-0.4, -0.2) is 35.5 Å². The molecule has 0 radical (unpaired) electrons. The lowest BCUT2D eigenvalue weighted by atomic mass is 10.1. The summed E-state index contributed by atoms with van der Waals surface area (Å²) in [6.07, 6.45) is 0.0427. The summed E-state index contributed by atoms with van der Waals surface area (Å²) >= 11 is 0. The van der Waals surface area contributed by atoms with Crippen molar-refractivity contribution in [3.63, 3.8) is 0 Å². The highest BCUT2D eigenvalue weighted by molar-refractivity contribution is 5.98. The molecular weight excluding hydrogens is 240 g/mol. The topological polar surface area (TPSA) is 118 Å². The van der Waals surface area contributed by atoms with E-state index < -0.39 is 17.4 Å². The summed E-state index contributed by atoms with van der Waals surface area (Å²) in [6, 6.07) is 1.16. The molecule has 2 heterocycles. The van der Waals surface area contributed by atoms with E-state index in [4.69, 9.17) is 5.73 Å². The van der Waals surface area contributed by atoms with Gasteiger partial charge in [-0.05, 0) is 0 Å². The maximum atomic E-state index is 11.8. The molecule has 18 heavy (non-hydrogen) atoms. The van der Waals surface area contributed by atoms with Crippen LogP contribution in [0.25, 0.3) is 0 Å². The van der Waals surface area contributed by atoms with Gasteiger partial charge in [-0.1, -0.05) is 0 Å². The number of nitrogens with two attached hydrogens (primary N) is 1. The summed E-state index contributed by atoms with van der Waals surface area (Å²) in [5.74, 6) is -1.21. The van der Waals surface area contributed by atoms with Crippen LogP contribution in [0, 0.1) is 5.92 Å². The van der Waals surface area contributed by atoms with Crippen molar-refractivity contribution in [1.82, 2.24) is 9.97 Å². The van der Waals surface area contributed by atoms with Crippen molar-refractivity contribution in [2.24, 2.45) is 5.92 Å². The molecule has 1 aliphatic heterocycles. The van der Waals surface area contributed by atoms with E-state index >= 15 is 0 Å². The Morgan fingerprint density at radius 2 is 2.33 bits per heavy atom. The summed E-state index contributed by atoms with van der Waals surface area (Å²) in [5.41, 5.74) is 4.94. The van der Waals surface area contributed by atoms with Gasteiger partial charge in [-0.25, -0.2) is 0 Å². The molecule has 1 aliphatic rings. The van der Waals surface area contributed by atoms with Gasteiger partial charge in [0.15, 0.2) is 0 Å². The fraction of sp³-hybridized carbons (Fsp3) is 0.400. The number of nitrogen functional groups attached to an aromatic ring is 1. The number of nitrogens with zero attached hydrogens (tertiary/aromatic N) is 2. The first kappa shape index (κ1) is 12.1. The summed E-state index contributed by atoms with van der Waals surface area (Å²) in [5, 5.41) is 0. The number of rotatable bonds is 2. The Labute approximate surface area is 102 Å². The SMILES string of the molecule is COC(=O)C1CC(=O)N(c2cc(=O)[nH]c(N)n2)C1. The highest BCUT2D eigenvalue weighted by Crippen LogP contribution is 2.23. The Morgan fingerprint density at radius 1 is 1.61 bits per heavy atom. The van der Waals surface area contributed by atoms with Crippen molar-refractivity contribution in [3.05, 3.63) is 16.4 Å². The quantitative estimate of drug-likeness (QED) is 0.643. The molecule has 2 rings (SSSR count). The third-order valence-electron chi connectivity index (χ3n) is 2.68. The Kier molecular flexibility index (Phi) is 3.00. The molecule has 1 saturated heterocycles. The highest BCUT2D eigenvalue weighted by atomic mass is 16.5. The number of carbonyl (C=O) groups excluding carboxylic acids is 2. The van der Waals surface area contributed by atoms with Crippen LogP contribution < -0.4 is 16.2 Å². The first-order chi connectivity index (χ1) is 8.51. The van der Waals surface area contributed by atoms with Gasteiger partial charge >= 0.3 is 5.97 Å². The smallest absolute Gasteiger partial charge is 0.311 e. The molecule has 3 N–H and O–H groups in total. The van der Waals surface area contributed by atoms with Gasteiger partial charge in [-0.2, -0.15) is 4.98 Å². The number of H-pyrrole nitrogens is 1. The number of ether oxygens (including phenoxy) is 1. The molecule has 1 unspecified atom stereocenters. The van der Waals surface area contributed by atoms with Crippen LogP contribution in [0.15, 0.2) is 10.9 Å². The van der Waals surface area contributed by atoms with Crippen LogP contribution in [0.1, 0.15) is 6.42 Å². The monoisotopic (exact) mass is 252 g/mol. The summed E-state index contributed by atoms with van der Waals surface area (Å²) in [6.45, 7) is 0.140. The number of carbonyl (C=O) groups is 2. The van der Waals surface area contributed by atoms with Crippen molar-refractivity contribution in [2.75, 3.05) is 24.3 Å². The fourth-order valence-electron chi connectivity index (χ4n) is 1.86. The second-order valence-corrected chi connectivity index (χ2v) is 3.92.